The Balaban J connectivity index is 1.79. The van der Waals surface area contributed by atoms with Crippen molar-refractivity contribution in [2.75, 3.05) is 0 Å². The number of aromatic amines is 1. The van der Waals surface area contributed by atoms with Crippen molar-refractivity contribution in [3.63, 3.8) is 0 Å². The van der Waals surface area contributed by atoms with E-state index in [1.807, 2.05) is 6.07 Å². The van der Waals surface area contributed by atoms with Gasteiger partial charge >= 0.3 is 12.1 Å². The first kappa shape index (κ1) is 30.7. The standard InChI is InChI=1S/C30H29Cl2F3N2O4/c1-17(6-7-20-12-21(30(33,34)35)16-36-27(20)40)37-26(18-8-10-22(31)11-9-18)24(19-4-3-5-23(32)13-19)14-29(2,28(37)41)15-25(38)39/h3-5,8-13,16-17,24,26H,6-7,14-15H2,1-2H3,(H,36,40)(H,38,39)/t17-,24+,26+,29+/m0/s1. The first-order chi connectivity index (χ1) is 19.2. The molecule has 0 bridgehead atoms. The van der Waals surface area contributed by atoms with Crippen LogP contribution in [0.5, 0.6) is 0 Å². The molecule has 218 valence electrons. The fraction of sp³-hybridized carbons (Fsp3) is 0.367. The predicted molar refractivity (Wildman–Crippen MR) is 150 cm³/mol. The summed E-state index contributed by atoms with van der Waals surface area (Å²) in [4.78, 5) is 42.2. The second kappa shape index (κ2) is 11.9. The molecule has 4 rings (SSSR count). The van der Waals surface area contributed by atoms with Gasteiger partial charge in [0.05, 0.1) is 23.4 Å². The summed E-state index contributed by atoms with van der Waals surface area (Å²) in [5.74, 6) is -1.88. The number of aryl methyl sites for hydroxylation is 1. The summed E-state index contributed by atoms with van der Waals surface area (Å²) in [6.45, 7) is 3.38. The largest absolute Gasteiger partial charge is 0.481 e. The summed E-state index contributed by atoms with van der Waals surface area (Å²) in [6.07, 6.45) is -4.06. The van der Waals surface area contributed by atoms with Crippen LogP contribution >= 0.6 is 23.2 Å². The van der Waals surface area contributed by atoms with E-state index in [2.05, 4.69) is 4.98 Å². The first-order valence-corrected chi connectivity index (χ1v) is 13.8. The summed E-state index contributed by atoms with van der Waals surface area (Å²) in [5.41, 5.74) is -1.37. The number of benzene rings is 2. The number of pyridine rings is 1. The smallest absolute Gasteiger partial charge is 0.417 e. The number of hydrogen-bond acceptors (Lipinski definition) is 3. The van der Waals surface area contributed by atoms with Crippen LogP contribution in [0.2, 0.25) is 10.0 Å². The maximum atomic E-state index is 14.2. The third-order valence-corrected chi connectivity index (χ3v) is 8.23. The molecule has 41 heavy (non-hydrogen) atoms. The highest BCUT2D eigenvalue weighted by Gasteiger charge is 2.51. The number of likely N-dealkylation sites (tertiary alicyclic amines) is 1. The lowest BCUT2D eigenvalue weighted by Gasteiger charge is -2.51. The van der Waals surface area contributed by atoms with Gasteiger partial charge in [-0.2, -0.15) is 13.2 Å². The number of aliphatic carboxylic acids is 1. The molecule has 6 nitrogen and oxygen atoms in total. The van der Waals surface area contributed by atoms with Crippen LogP contribution in [0.15, 0.2) is 65.6 Å². The van der Waals surface area contributed by atoms with Crippen LogP contribution in [-0.4, -0.2) is 32.9 Å². The molecule has 0 aliphatic carbocycles. The van der Waals surface area contributed by atoms with Gasteiger partial charge in [0.15, 0.2) is 0 Å². The number of piperidine rings is 1. The number of carbonyl (C=O) groups is 2. The molecule has 0 spiro atoms. The molecule has 1 aromatic heterocycles. The van der Waals surface area contributed by atoms with Gasteiger partial charge < -0.3 is 15.0 Å². The number of nitrogens with zero attached hydrogens (tertiary/aromatic N) is 1. The van der Waals surface area contributed by atoms with Gasteiger partial charge in [-0.05, 0) is 67.6 Å². The van der Waals surface area contributed by atoms with Crippen molar-refractivity contribution < 1.29 is 27.9 Å². The van der Waals surface area contributed by atoms with E-state index in [9.17, 15) is 32.7 Å². The number of halogens is 5. The van der Waals surface area contributed by atoms with E-state index >= 15 is 0 Å². The number of nitrogens with one attached hydrogen (secondary N) is 1. The minimum Gasteiger partial charge on any atom is -0.481 e. The molecule has 4 atom stereocenters. The quantitative estimate of drug-likeness (QED) is 0.281. The zero-order chi connectivity index (χ0) is 30.1. The molecular weight excluding hydrogens is 580 g/mol. The number of amides is 1. The third-order valence-electron chi connectivity index (χ3n) is 7.75. The fourth-order valence-electron chi connectivity index (χ4n) is 5.75. The van der Waals surface area contributed by atoms with Crippen LogP contribution < -0.4 is 5.56 Å². The van der Waals surface area contributed by atoms with E-state index in [0.717, 1.165) is 17.2 Å². The van der Waals surface area contributed by atoms with Crippen LogP contribution in [0.4, 0.5) is 13.2 Å². The van der Waals surface area contributed by atoms with Gasteiger partial charge in [-0.1, -0.05) is 54.4 Å². The number of alkyl halides is 3. The highest BCUT2D eigenvalue weighted by Crippen LogP contribution is 2.52. The Bertz CT molecular complexity index is 1490. The van der Waals surface area contributed by atoms with Crippen molar-refractivity contribution in [1.82, 2.24) is 9.88 Å². The molecule has 1 aliphatic heterocycles. The minimum absolute atomic E-state index is 0.0327. The van der Waals surface area contributed by atoms with Gasteiger partial charge in [0.1, 0.15) is 0 Å². The van der Waals surface area contributed by atoms with Crippen LogP contribution in [0, 0.1) is 5.41 Å². The highest BCUT2D eigenvalue weighted by atomic mass is 35.5. The Labute approximate surface area is 245 Å². The summed E-state index contributed by atoms with van der Waals surface area (Å²) < 4.78 is 39.9. The van der Waals surface area contributed by atoms with Crippen LogP contribution in [-0.2, 0) is 22.2 Å². The molecule has 1 aliphatic rings. The molecule has 3 aromatic rings. The van der Waals surface area contributed by atoms with Gasteiger partial charge in [-0.15, -0.1) is 0 Å². The van der Waals surface area contributed by atoms with Crippen LogP contribution in [0.1, 0.15) is 67.3 Å². The number of H-pyrrole nitrogens is 1. The van der Waals surface area contributed by atoms with Gasteiger partial charge in [-0.3, -0.25) is 14.4 Å². The number of aromatic nitrogens is 1. The monoisotopic (exact) mass is 608 g/mol. The van der Waals surface area contributed by atoms with Crippen molar-refractivity contribution in [3.8, 4) is 0 Å². The molecular formula is C30H29Cl2F3N2O4. The van der Waals surface area contributed by atoms with Gasteiger partial charge in [0.25, 0.3) is 5.56 Å². The maximum Gasteiger partial charge on any atom is 0.417 e. The average molecular weight is 609 g/mol. The van der Waals surface area contributed by atoms with Crippen molar-refractivity contribution in [3.05, 3.63) is 103 Å². The Kier molecular flexibility index (Phi) is 8.90. The summed E-state index contributed by atoms with van der Waals surface area (Å²) in [6, 6.07) is 13.9. The van der Waals surface area contributed by atoms with Crippen molar-refractivity contribution in [2.24, 2.45) is 5.41 Å². The lowest BCUT2D eigenvalue weighted by atomic mass is 9.67. The van der Waals surface area contributed by atoms with E-state index < -0.39 is 47.2 Å². The van der Waals surface area contributed by atoms with E-state index in [4.69, 9.17) is 23.2 Å². The summed E-state index contributed by atoms with van der Waals surface area (Å²) in [7, 11) is 0. The number of hydrogen-bond donors (Lipinski definition) is 2. The molecule has 0 radical (unpaired) electrons. The average Bonchev–Trinajstić information content (AvgIpc) is 2.89. The molecule has 2 N–H and O–H groups in total. The van der Waals surface area contributed by atoms with Crippen molar-refractivity contribution in [2.45, 2.75) is 63.7 Å². The van der Waals surface area contributed by atoms with Gasteiger partial charge in [-0.25, -0.2) is 0 Å². The molecule has 0 saturated carbocycles. The second-order valence-corrected chi connectivity index (χ2v) is 11.7. The maximum absolute atomic E-state index is 14.2. The van der Waals surface area contributed by atoms with Gasteiger partial charge in [0, 0.05) is 33.8 Å². The number of carbonyl (C=O) groups excluding carboxylic acids is 1. The first-order valence-electron chi connectivity index (χ1n) is 13.0. The zero-order valence-electron chi connectivity index (χ0n) is 22.3. The Morgan fingerprint density at radius 1 is 1.10 bits per heavy atom. The number of rotatable bonds is 8. The third kappa shape index (κ3) is 6.79. The van der Waals surface area contributed by atoms with Crippen molar-refractivity contribution >= 4 is 35.1 Å². The predicted octanol–water partition coefficient (Wildman–Crippen LogP) is 7.26. The molecule has 2 heterocycles. The fourth-order valence-corrected chi connectivity index (χ4v) is 6.07. The van der Waals surface area contributed by atoms with E-state index in [-0.39, 0.29) is 36.7 Å². The molecule has 11 heteroatoms. The van der Waals surface area contributed by atoms with Gasteiger partial charge in [0.2, 0.25) is 5.91 Å². The molecule has 1 fully saturated rings. The van der Waals surface area contributed by atoms with E-state index in [0.29, 0.717) is 16.2 Å². The highest BCUT2D eigenvalue weighted by molar-refractivity contribution is 6.30. The Hall–Kier alpha value is -3.30. The zero-order valence-corrected chi connectivity index (χ0v) is 23.9. The topological polar surface area (TPSA) is 90.5 Å². The molecule has 0 unspecified atom stereocenters. The SMILES string of the molecule is C[C@@H](CCc1cc(C(F)(F)F)c[nH]c1=O)N1C(=O)[C@@](C)(CC(=O)O)C[C@H](c2cccc(Cl)c2)[C@H]1c1ccc(Cl)cc1. The lowest BCUT2D eigenvalue weighted by molar-refractivity contribution is -0.160. The van der Waals surface area contributed by atoms with Crippen molar-refractivity contribution in [1.29, 1.82) is 0 Å². The number of carboxylic acids is 1. The summed E-state index contributed by atoms with van der Waals surface area (Å²) >= 11 is 12.5. The summed E-state index contributed by atoms with van der Waals surface area (Å²) in [5, 5.41) is 10.7. The second-order valence-electron chi connectivity index (χ2n) is 10.8. The molecule has 2 aromatic carbocycles. The van der Waals surface area contributed by atoms with E-state index in [1.54, 1.807) is 61.2 Å². The molecule has 1 amide bonds. The Morgan fingerprint density at radius 3 is 2.39 bits per heavy atom. The Morgan fingerprint density at radius 2 is 1.78 bits per heavy atom. The molecule has 1 saturated heterocycles. The van der Waals surface area contributed by atoms with Crippen LogP contribution in [0.25, 0.3) is 0 Å². The lowest BCUT2D eigenvalue weighted by Crippen LogP contribution is -2.55. The minimum atomic E-state index is -4.63. The van der Waals surface area contributed by atoms with E-state index in [1.165, 1.54) is 0 Å². The number of carboxylic acid groups (broad SMARTS) is 1. The normalized spacial score (nSPS) is 22.0. The van der Waals surface area contributed by atoms with Crippen LogP contribution in [0.3, 0.4) is 0 Å².